The molecule has 1 aliphatic rings. The van der Waals surface area contributed by atoms with Gasteiger partial charge in [-0.15, -0.1) is 0 Å². The number of carbonyl (C=O) groups is 2. The van der Waals surface area contributed by atoms with Crippen molar-refractivity contribution in [3.63, 3.8) is 0 Å². The molecule has 2 rings (SSSR count). The Hall–Kier alpha value is -3.16. The van der Waals surface area contributed by atoms with Crippen molar-refractivity contribution in [3.8, 4) is 0 Å². The maximum Gasteiger partial charge on any atom is 0.347 e. The van der Waals surface area contributed by atoms with Gasteiger partial charge >= 0.3 is 5.97 Å². The lowest BCUT2D eigenvalue weighted by molar-refractivity contribution is -0.384. The number of non-ortho nitro benzene ring substituents is 1. The fourth-order valence-electron chi connectivity index (χ4n) is 1.84. The van der Waals surface area contributed by atoms with Crippen LogP contribution in [0.3, 0.4) is 0 Å². The van der Waals surface area contributed by atoms with Crippen molar-refractivity contribution in [1.29, 1.82) is 0 Å². The van der Waals surface area contributed by atoms with Crippen molar-refractivity contribution in [2.75, 3.05) is 6.61 Å². The van der Waals surface area contributed by atoms with E-state index in [1.54, 1.807) is 6.92 Å². The van der Waals surface area contributed by atoms with E-state index >= 15 is 0 Å². The van der Waals surface area contributed by atoms with Crippen LogP contribution in [0, 0.1) is 10.1 Å². The van der Waals surface area contributed by atoms with Crippen LogP contribution in [-0.4, -0.2) is 28.5 Å². The molecule has 0 saturated heterocycles. The number of esters is 1. The number of rotatable bonds is 4. The molecule has 0 bridgehead atoms. The number of nitro benzene ring substituents is 1. The number of benzene rings is 1. The van der Waals surface area contributed by atoms with Gasteiger partial charge in [0, 0.05) is 12.1 Å². The summed E-state index contributed by atoms with van der Waals surface area (Å²) >= 11 is 0. The van der Waals surface area contributed by atoms with Crippen LogP contribution in [0.2, 0.25) is 0 Å². The summed E-state index contributed by atoms with van der Waals surface area (Å²) in [5.41, 5.74) is -0.000870. The van der Waals surface area contributed by atoms with Gasteiger partial charge in [0.1, 0.15) is 0 Å². The number of hydrogen-bond acceptors (Lipinski definition) is 6. The molecule has 22 heavy (non-hydrogen) atoms. The summed E-state index contributed by atoms with van der Waals surface area (Å²) in [4.78, 5) is 33.3. The molecule has 0 aromatic heterocycles. The highest BCUT2D eigenvalue weighted by molar-refractivity contribution is 6.20. The van der Waals surface area contributed by atoms with E-state index in [9.17, 15) is 24.8 Å². The fourth-order valence-corrected chi connectivity index (χ4v) is 1.84. The van der Waals surface area contributed by atoms with Gasteiger partial charge in [-0.05, 0) is 30.7 Å². The first-order valence-corrected chi connectivity index (χ1v) is 6.32. The smallest absolute Gasteiger partial charge is 0.347 e. The van der Waals surface area contributed by atoms with E-state index in [-0.39, 0.29) is 18.0 Å². The second-order valence-electron chi connectivity index (χ2n) is 4.30. The predicted molar refractivity (Wildman–Crippen MR) is 75.5 cm³/mol. The molecule has 0 aliphatic carbocycles. The molecule has 1 heterocycles. The average molecular weight is 304 g/mol. The summed E-state index contributed by atoms with van der Waals surface area (Å²) in [5.74, 6) is -2.18. The lowest BCUT2D eigenvalue weighted by Crippen LogP contribution is -2.21. The third-order valence-corrected chi connectivity index (χ3v) is 2.86. The summed E-state index contributed by atoms with van der Waals surface area (Å²) in [6.07, 6.45) is 1.39. The van der Waals surface area contributed by atoms with Crippen LogP contribution in [0.5, 0.6) is 0 Å². The summed E-state index contributed by atoms with van der Waals surface area (Å²) in [5, 5.41) is 22.8. The van der Waals surface area contributed by atoms with E-state index in [1.807, 2.05) is 0 Å². The molecule has 8 nitrogen and oxygen atoms in total. The van der Waals surface area contributed by atoms with Crippen LogP contribution in [0.1, 0.15) is 12.5 Å². The normalized spacial score (nSPS) is 15.9. The molecule has 1 aromatic carbocycles. The first-order valence-electron chi connectivity index (χ1n) is 6.32. The molecule has 1 aromatic rings. The molecule has 8 heteroatoms. The van der Waals surface area contributed by atoms with Crippen molar-refractivity contribution in [3.05, 3.63) is 57.0 Å². The van der Waals surface area contributed by atoms with Gasteiger partial charge in [-0.2, -0.15) is 0 Å². The van der Waals surface area contributed by atoms with Gasteiger partial charge in [0.25, 0.3) is 11.6 Å². The standard InChI is InChI=1S/C14H12N2O6/c1-2-22-14(19)11-12(17)10(15-13(11)18)7-8-3-5-9(6-4-8)16(20)21/h3-7,17H,2H2,1H3,(H,15,18)/b10-7+. The zero-order valence-corrected chi connectivity index (χ0v) is 11.5. The van der Waals surface area contributed by atoms with Gasteiger partial charge in [0.15, 0.2) is 11.3 Å². The van der Waals surface area contributed by atoms with Gasteiger partial charge in [-0.25, -0.2) is 4.79 Å². The molecule has 0 spiro atoms. The number of ether oxygens (including phenoxy) is 1. The number of nitrogens with zero attached hydrogens (tertiary/aromatic N) is 1. The van der Waals surface area contributed by atoms with E-state index in [4.69, 9.17) is 0 Å². The van der Waals surface area contributed by atoms with Crippen molar-refractivity contribution in [2.45, 2.75) is 6.92 Å². The lowest BCUT2D eigenvalue weighted by Gasteiger charge is -2.00. The van der Waals surface area contributed by atoms with Crippen LogP contribution in [0.4, 0.5) is 5.69 Å². The number of hydrogen-bond donors (Lipinski definition) is 2. The zero-order valence-electron chi connectivity index (χ0n) is 11.5. The number of nitro groups is 1. The van der Waals surface area contributed by atoms with Gasteiger partial charge < -0.3 is 15.2 Å². The van der Waals surface area contributed by atoms with Crippen LogP contribution < -0.4 is 5.32 Å². The SMILES string of the molecule is CCOC(=O)C1=C(O)/C(=C\c2ccc([N+](=O)[O-])cc2)NC1=O. The van der Waals surface area contributed by atoms with Gasteiger partial charge in [-0.1, -0.05) is 0 Å². The first kappa shape index (κ1) is 15.2. The second kappa shape index (κ2) is 6.08. The summed E-state index contributed by atoms with van der Waals surface area (Å²) < 4.78 is 4.69. The Bertz CT molecular complexity index is 703. The molecule has 0 saturated carbocycles. The maximum absolute atomic E-state index is 11.7. The Kier molecular flexibility index (Phi) is 4.21. The minimum Gasteiger partial charge on any atom is -0.505 e. The second-order valence-corrected chi connectivity index (χ2v) is 4.30. The minimum absolute atomic E-state index is 0.0295. The monoisotopic (exact) mass is 304 g/mol. The van der Waals surface area contributed by atoms with Crippen molar-refractivity contribution < 1.29 is 24.4 Å². The van der Waals surface area contributed by atoms with E-state index in [0.717, 1.165) is 0 Å². The fraction of sp³-hybridized carbons (Fsp3) is 0.143. The van der Waals surface area contributed by atoms with Crippen LogP contribution in [0.25, 0.3) is 6.08 Å². The Morgan fingerprint density at radius 2 is 2.05 bits per heavy atom. The topological polar surface area (TPSA) is 119 Å². The number of carbonyl (C=O) groups excluding carboxylic acids is 2. The summed E-state index contributed by atoms with van der Waals surface area (Å²) in [6, 6.07) is 5.48. The molecule has 0 fully saturated rings. The molecule has 114 valence electrons. The Balaban J connectivity index is 2.31. The maximum atomic E-state index is 11.7. The van der Waals surface area contributed by atoms with Gasteiger partial charge in [-0.3, -0.25) is 14.9 Å². The third kappa shape index (κ3) is 2.95. The van der Waals surface area contributed by atoms with Crippen LogP contribution >= 0.6 is 0 Å². The minimum atomic E-state index is -0.912. The van der Waals surface area contributed by atoms with E-state index in [1.165, 1.54) is 30.3 Å². The van der Waals surface area contributed by atoms with Crippen molar-refractivity contribution in [1.82, 2.24) is 5.32 Å². The quantitative estimate of drug-likeness (QED) is 0.376. The summed E-state index contributed by atoms with van der Waals surface area (Å²) in [7, 11) is 0. The lowest BCUT2D eigenvalue weighted by atomic mass is 10.1. The molecule has 0 unspecified atom stereocenters. The van der Waals surface area contributed by atoms with Crippen molar-refractivity contribution in [2.24, 2.45) is 0 Å². The predicted octanol–water partition coefficient (Wildman–Crippen LogP) is 1.44. The average Bonchev–Trinajstić information content (AvgIpc) is 2.74. The zero-order chi connectivity index (χ0) is 16.3. The molecule has 1 amide bonds. The van der Waals surface area contributed by atoms with Crippen LogP contribution in [-0.2, 0) is 14.3 Å². The highest BCUT2D eigenvalue weighted by atomic mass is 16.6. The molecular formula is C14H12N2O6. The molecular weight excluding hydrogens is 292 g/mol. The molecule has 0 atom stereocenters. The first-order chi connectivity index (χ1) is 10.4. The van der Waals surface area contributed by atoms with Crippen LogP contribution in [0.15, 0.2) is 41.3 Å². The largest absolute Gasteiger partial charge is 0.505 e. The van der Waals surface area contributed by atoms with E-state index in [2.05, 4.69) is 10.1 Å². The Labute approximate surface area is 124 Å². The highest BCUT2D eigenvalue weighted by Gasteiger charge is 2.33. The molecule has 2 N–H and O–H groups in total. The summed E-state index contributed by atoms with van der Waals surface area (Å²) in [6.45, 7) is 1.65. The molecule has 0 radical (unpaired) electrons. The number of aliphatic hydroxyl groups is 1. The third-order valence-electron chi connectivity index (χ3n) is 2.86. The highest BCUT2D eigenvalue weighted by Crippen LogP contribution is 2.22. The van der Waals surface area contributed by atoms with Gasteiger partial charge in [0.2, 0.25) is 0 Å². The number of amides is 1. The number of aliphatic hydroxyl groups excluding tert-OH is 1. The van der Waals surface area contributed by atoms with E-state index in [0.29, 0.717) is 5.56 Å². The number of nitrogens with one attached hydrogen (secondary N) is 1. The Morgan fingerprint density at radius 1 is 1.41 bits per heavy atom. The molecule has 1 aliphatic heterocycles. The van der Waals surface area contributed by atoms with Gasteiger partial charge in [0.05, 0.1) is 17.2 Å². The van der Waals surface area contributed by atoms with E-state index < -0.39 is 28.1 Å². The Morgan fingerprint density at radius 3 is 2.59 bits per heavy atom. The van der Waals surface area contributed by atoms with Crippen molar-refractivity contribution >= 4 is 23.6 Å².